The summed E-state index contributed by atoms with van der Waals surface area (Å²) in [5.74, 6) is 1.09. The van der Waals surface area contributed by atoms with Crippen LogP contribution in [0.4, 0.5) is 0 Å². The van der Waals surface area contributed by atoms with Crippen LogP contribution < -0.4 is 14.9 Å². The first kappa shape index (κ1) is 23.1. The number of carbonyl (C=O) groups is 1. The molecular formula is C28H23ClN2O3. The van der Waals surface area contributed by atoms with Crippen LogP contribution in [-0.2, 0) is 13.2 Å². The van der Waals surface area contributed by atoms with E-state index in [9.17, 15) is 4.79 Å². The van der Waals surface area contributed by atoms with Crippen molar-refractivity contribution >= 4 is 23.7 Å². The van der Waals surface area contributed by atoms with Crippen LogP contribution in [0.1, 0.15) is 27.0 Å². The molecule has 0 aromatic heterocycles. The Morgan fingerprint density at radius 2 is 1.44 bits per heavy atom. The second-order valence-corrected chi connectivity index (χ2v) is 7.92. The number of nitrogens with one attached hydrogen (secondary N) is 1. The normalized spacial score (nSPS) is 10.7. The Balaban J connectivity index is 1.27. The lowest BCUT2D eigenvalue weighted by Gasteiger charge is -2.07. The Bertz CT molecular complexity index is 1240. The van der Waals surface area contributed by atoms with E-state index in [1.165, 1.54) is 0 Å². The summed E-state index contributed by atoms with van der Waals surface area (Å²) in [6.45, 7) is 0.902. The maximum absolute atomic E-state index is 12.4. The van der Waals surface area contributed by atoms with Gasteiger partial charge in [0, 0.05) is 10.6 Å². The molecule has 0 fully saturated rings. The lowest BCUT2D eigenvalue weighted by atomic mass is 10.2. The van der Waals surface area contributed by atoms with E-state index in [-0.39, 0.29) is 5.91 Å². The highest BCUT2D eigenvalue weighted by Crippen LogP contribution is 2.16. The number of halogens is 1. The number of hydrogen-bond acceptors (Lipinski definition) is 4. The van der Waals surface area contributed by atoms with E-state index in [1.54, 1.807) is 30.5 Å². The van der Waals surface area contributed by atoms with Crippen molar-refractivity contribution in [3.63, 3.8) is 0 Å². The minimum Gasteiger partial charge on any atom is -0.489 e. The first-order chi connectivity index (χ1) is 16.7. The van der Waals surface area contributed by atoms with Crippen LogP contribution >= 0.6 is 11.6 Å². The molecule has 0 heterocycles. The van der Waals surface area contributed by atoms with Crippen molar-refractivity contribution in [2.75, 3.05) is 0 Å². The summed E-state index contributed by atoms with van der Waals surface area (Å²) in [7, 11) is 0. The molecule has 0 aliphatic heterocycles. The zero-order chi connectivity index (χ0) is 23.6. The number of nitrogens with zero attached hydrogens (tertiary/aromatic N) is 1. The average Bonchev–Trinajstić information content (AvgIpc) is 2.88. The van der Waals surface area contributed by atoms with Crippen molar-refractivity contribution in [2.24, 2.45) is 5.10 Å². The van der Waals surface area contributed by atoms with Crippen molar-refractivity contribution in [1.29, 1.82) is 0 Å². The van der Waals surface area contributed by atoms with Gasteiger partial charge in [-0.15, -0.1) is 0 Å². The van der Waals surface area contributed by atoms with Crippen molar-refractivity contribution in [3.8, 4) is 11.5 Å². The third-order valence-corrected chi connectivity index (χ3v) is 5.17. The zero-order valence-corrected chi connectivity index (χ0v) is 19.1. The van der Waals surface area contributed by atoms with Gasteiger partial charge in [-0.3, -0.25) is 4.79 Å². The van der Waals surface area contributed by atoms with E-state index < -0.39 is 0 Å². The number of benzene rings is 4. The molecule has 0 aliphatic rings. The van der Waals surface area contributed by atoms with Gasteiger partial charge in [-0.25, -0.2) is 5.43 Å². The van der Waals surface area contributed by atoms with Gasteiger partial charge in [0.1, 0.15) is 24.7 Å². The molecule has 0 aliphatic carbocycles. The number of carbonyl (C=O) groups excluding carboxylic acids is 1. The standard InChI is InChI=1S/C28H23ClN2O3/c29-25-13-9-22(10-14-25)20-34-27-8-4-7-23(17-27)18-30-31-28(32)24-11-15-26(16-12-24)33-19-21-5-2-1-3-6-21/h1-18H,19-20H2,(H,31,32)/b30-18-. The Hall–Kier alpha value is -4.09. The van der Waals surface area contributed by atoms with E-state index in [0.29, 0.717) is 35.3 Å². The SMILES string of the molecule is O=C(N/N=C\c1cccc(OCc2ccc(Cl)cc2)c1)c1ccc(OCc2ccccc2)cc1. The molecule has 170 valence electrons. The molecule has 4 rings (SSSR count). The molecule has 0 saturated heterocycles. The van der Waals surface area contributed by atoms with Crippen LogP contribution in [0, 0.1) is 0 Å². The smallest absolute Gasteiger partial charge is 0.271 e. The number of ether oxygens (including phenoxy) is 2. The van der Waals surface area contributed by atoms with E-state index in [2.05, 4.69) is 10.5 Å². The maximum atomic E-state index is 12.4. The Kier molecular flexibility index (Phi) is 7.93. The largest absolute Gasteiger partial charge is 0.489 e. The molecule has 34 heavy (non-hydrogen) atoms. The van der Waals surface area contributed by atoms with Crippen LogP contribution in [-0.4, -0.2) is 12.1 Å². The summed E-state index contributed by atoms with van der Waals surface area (Å²) in [5, 5.41) is 4.75. The van der Waals surface area contributed by atoms with Gasteiger partial charge in [-0.1, -0.05) is 66.2 Å². The molecule has 1 N–H and O–H groups in total. The van der Waals surface area contributed by atoms with Crippen LogP contribution in [0.5, 0.6) is 11.5 Å². The van der Waals surface area contributed by atoms with E-state index in [1.807, 2.05) is 78.9 Å². The molecule has 0 radical (unpaired) electrons. The molecule has 0 unspecified atom stereocenters. The van der Waals surface area contributed by atoms with E-state index in [4.69, 9.17) is 21.1 Å². The summed E-state index contributed by atoms with van der Waals surface area (Å²) in [6, 6.07) is 31.8. The lowest BCUT2D eigenvalue weighted by Crippen LogP contribution is -2.17. The molecule has 4 aromatic rings. The summed E-state index contributed by atoms with van der Waals surface area (Å²) in [6.07, 6.45) is 1.57. The van der Waals surface area contributed by atoms with Gasteiger partial charge >= 0.3 is 0 Å². The maximum Gasteiger partial charge on any atom is 0.271 e. The van der Waals surface area contributed by atoms with Crippen LogP contribution in [0.3, 0.4) is 0 Å². The summed E-state index contributed by atoms with van der Waals surface area (Å²) < 4.78 is 11.6. The van der Waals surface area contributed by atoms with Crippen molar-refractivity contribution < 1.29 is 14.3 Å². The van der Waals surface area contributed by atoms with E-state index >= 15 is 0 Å². The van der Waals surface area contributed by atoms with Gasteiger partial charge < -0.3 is 9.47 Å². The molecule has 6 heteroatoms. The van der Waals surface area contributed by atoms with Crippen molar-refractivity contribution in [1.82, 2.24) is 5.43 Å². The topological polar surface area (TPSA) is 59.9 Å². The third-order valence-electron chi connectivity index (χ3n) is 4.92. The summed E-state index contributed by atoms with van der Waals surface area (Å²) >= 11 is 5.91. The molecule has 0 saturated carbocycles. The fourth-order valence-corrected chi connectivity index (χ4v) is 3.23. The third kappa shape index (κ3) is 6.95. The summed E-state index contributed by atoms with van der Waals surface area (Å²) in [4.78, 5) is 12.4. The number of amides is 1. The monoisotopic (exact) mass is 470 g/mol. The van der Waals surface area contributed by atoms with Gasteiger partial charge in [-0.2, -0.15) is 5.10 Å². The molecule has 0 spiro atoms. The van der Waals surface area contributed by atoms with Crippen LogP contribution in [0.15, 0.2) is 108 Å². The zero-order valence-electron chi connectivity index (χ0n) is 18.4. The number of hydrogen-bond donors (Lipinski definition) is 1. The first-order valence-electron chi connectivity index (χ1n) is 10.7. The molecule has 0 bridgehead atoms. The van der Waals surface area contributed by atoms with Gasteiger partial charge in [-0.05, 0) is 65.2 Å². The average molecular weight is 471 g/mol. The molecular weight excluding hydrogens is 448 g/mol. The first-order valence-corrected chi connectivity index (χ1v) is 11.1. The Morgan fingerprint density at radius 1 is 0.765 bits per heavy atom. The fourth-order valence-electron chi connectivity index (χ4n) is 3.11. The fraction of sp³-hybridized carbons (Fsp3) is 0.0714. The predicted molar refractivity (Wildman–Crippen MR) is 135 cm³/mol. The summed E-state index contributed by atoms with van der Waals surface area (Å²) in [5.41, 5.74) is 5.94. The van der Waals surface area contributed by atoms with Gasteiger partial charge in [0.25, 0.3) is 5.91 Å². The molecule has 0 atom stereocenters. The molecule has 5 nitrogen and oxygen atoms in total. The van der Waals surface area contributed by atoms with Gasteiger partial charge in [0.2, 0.25) is 0 Å². The van der Waals surface area contributed by atoms with Gasteiger partial charge in [0.05, 0.1) is 6.21 Å². The minimum absolute atomic E-state index is 0.305. The quantitative estimate of drug-likeness (QED) is 0.232. The van der Waals surface area contributed by atoms with Gasteiger partial charge in [0.15, 0.2) is 0 Å². The van der Waals surface area contributed by atoms with Crippen molar-refractivity contribution in [3.05, 3.63) is 130 Å². The Morgan fingerprint density at radius 3 is 2.18 bits per heavy atom. The van der Waals surface area contributed by atoms with Crippen LogP contribution in [0.25, 0.3) is 0 Å². The van der Waals surface area contributed by atoms with E-state index in [0.717, 1.165) is 16.7 Å². The van der Waals surface area contributed by atoms with Crippen molar-refractivity contribution in [2.45, 2.75) is 13.2 Å². The predicted octanol–water partition coefficient (Wildman–Crippen LogP) is 6.26. The molecule has 4 aromatic carbocycles. The highest BCUT2D eigenvalue weighted by molar-refractivity contribution is 6.30. The minimum atomic E-state index is -0.305. The second kappa shape index (κ2) is 11.7. The highest BCUT2D eigenvalue weighted by atomic mass is 35.5. The molecule has 1 amide bonds. The highest BCUT2D eigenvalue weighted by Gasteiger charge is 2.05. The Labute approximate surface area is 203 Å². The number of rotatable bonds is 9. The van der Waals surface area contributed by atoms with Crippen LogP contribution in [0.2, 0.25) is 5.02 Å². The second-order valence-electron chi connectivity index (χ2n) is 7.49. The number of hydrazone groups is 1. The lowest BCUT2D eigenvalue weighted by molar-refractivity contribution is 0.0955.